The van der Waals surface area contributed by atoms with Crippen LogP contribution in [0, 0.1) is 0 Å². The molecule has 0 fully saturated rings. The third-order valence-electron chi connectivity index (χ3n) is 4.06. The highest BCUT2D eigenvalue weighted by molar-refractivity contribution is 6.02. The molecule has 3 rings (SSSR count). The summed E-state index contributed by atoms with van der Waals surface area (Å²) in [5.41, 5.74) is 1.70. The molecular weight excluding hydrogens is 376 g/mol. The van der Waals surface area contributed by atoms with Crippen molar-refractivity contribution >= 4 is 28.7 Å². The number of nitrogens with one attached hydrogen (secondary N) is 4. The minimum atomic E-state index is -0.828. The van der Waals surface area contributed by atoms with E-state index in [-0.39, 0.29) is 5.82 Å². The SMILES string of the molecule is CCOc1ccc2ccccc2c1/C=N\NC(=O)[C@H](C)Nc1n[nH]c(=O)[nH]c1=O. The Morgan fingerprint density at radius 2 is 2.07 bits per heavy atom. The Kier molecular flexibility index (Phi) is 6.03. The molecule has 2 aromatic carbocycles. The Morgan fingerprint density at radius 3 is 2.83 bits per heavy atom. The summed E-state index contributed by atoms with van der Waals surface area (Å²) in [4.78, 5) is 36.9. The zero-order chi connectivity index (χ0) is 20.8. The Bertz CT molecular complexity index is 1170. The number of fused-ring (bicyclic) bond motifs is 1. The summed E-state index contributed by atoms with van der Waals surface area (Å²) in [6.07, 6.45) is 1.52. The number of carbonyl (C=O) groups excluding carboxylic acids is 1. The number of hydrogen-bond donors (Lipinski definition) is 4. The molecule has 0 unspecified atom stereocenters. The molecule has 0 saturated carbocycles. The summed E-state index contributed by atoms with van der Waals surface area (Å²) >= 11 is 0. The molecule has 1 atom stereocenters. The van der Waals surface area contributed by atoms with Gasteiger partial charge in [0.05, 0.1) is 12.8 Å². The molecular formula is C19H20N6O4. The summed E-state index contributed by atoms with van der Waals surface area (Å²) in [5, 5.41) is 14.2. The molecule has 1 amide bonds. The van der Waals surface area contributed by atoms with Crippen LogP contribution in [-0.2, 0) is 4.79 Å². The third kappa shape index (κ3) is 4.67. The number of nitrogens with zero attached hydrogens (tertiary/aromatic N) is 2. The van der Waals surface area contributed by atoms with Crippen LogP contribution in [0.4, 0.5) is 5.82 Å². The maximum Gasteiger partial charge on any atom is 0.342 e. The molecule has 0 saturated heterocycles. The molecule has 3 aromatic rings. The zero-order valence-corrected chi connectivity index (χ0v) is 15.9. The van der Waals surface area contributed by atoms with Gasteiger partial charge in [-0.05, 0) is 30.7 Å². The Morgan fingerprint density at radius 1 is 1.28 bits per heavy atom. The van der Waals surface area contributed by atoms with Crippen molar-refractivity contribution in [3.8, 4) is 5.75 Å². The molecule has 4 N–H and O–H groups in total. The van der Waals surface area contributed by atoms with Crippen LogP contribution in [0.1, 0.15) is 19.4 Å². The van der Waals surface area contributed by atoms with Crippen LogP contribution in [-0.4, -0.2) is 40.0 Å². The number of rotatable bonds is 7. The van der Waals surface area contributed by atoms with E-state index in [1.165, 1.54) is 13.1 Å². The minimum absolute atomic E-state index is 0.177. The quantitative estimate of drug-likeness (QED) is 0.346. The van der Waals surface area contributed by atoms with E-state index in [1.54, 1.807) is 0 Å². The lowest BCUT2D eigenvalue weighted by Crippen LogP contribution is -2.38. The van der Waals surface area contributed by atoms with Gasteiger partial charge in [-0.1, -0.05) is 30.3 Å². The fourth-order valence-electron chi connectivity index (χ4n) is 2.66. The Hall–Kier alpha value is -3.95. The topological polar surface area (TPSA) is 141 Å². The summed E-state index contributed by atoms with van der Waals surface area (Å²) in [6, 6.07) is 10.7. The van der Waals surface area contributed by atoms with Crippen molar-refractivity contribution in [3.05, 3.63) is 62.8 Å². The van der Waals surface area contributed by atoms with Gasteiger partial charge in [0.1, 0.15) is 11.8 Å². The monoisotopic (exact) mass is 396 g/mol. The van der Waals surface area contributed by atoms with Gasteiger partial charge in [0, 0.05) is 5.56 Å². The number of carbonyl (C=O) groups is 1. The smallest absolute Gasteiger partial charge is 0.342 e. The van der Waals surface area contributed by atoms with E-state index in [9.17, 15) is 14.4 Å². The molecule has 0 spiro atoms. The lowest BCUT2D eigenvalue weighted by molar-refractivity contribution is -0.121. The van der Waals surface area contributed by atoms with Gasteiger partial charge in [-0.15, -0.1) is 5.10 Å². The highest BCUT2D eigenvalue weighted by atomic mass is 16.5. The average Bonchev–Trinajstić information content (AvgIpc) is 2.71. The standard InChI is InChI=1S/C19H20N6O4/c1-3-29-15-9-8-12-6-4-5-7-13(12)14(15)10-20-24-17(26)11(2)21-16-18(27)22-19(28)25-23-16/h4-11H,3H2,1-2H3,(H,21,23)(H,24,26)(H2,22,25,27,28)/b20-10-/t11-/m0/s1. The van der Waals surface area contributed by atoms with E-state index in [1.807, 2.05) is 48.3 Å². The molecule has 0 radical (unpaired) electrons. The number of amides is 1. The Balaban J connectivity index is 1.75. The summed E-state index contributed by atoms with van der Waals surface area (Å²) in [6.45, 7) is 3.91. The van der Waals surface area contributed by atoms with Crippen LogP contribution in [0.15, 0.2) is 51.1 Å². The van der Waals surface area contributed by atoms with Crippen molar-refractivity contribution in [1.82, 2.24) is 20.6 Å². The van der Waals surface area contributed by atoms with Gasteiger partial charge in [-0.2, -0.15) is 5.10 Å². The number of benzene rings is 2. The van der Waals surface area contributed by atoms with Gasteiger partial charge >= 0.3 is 5.69 Å². The zero-order valence-electron chi connectivity index (χ0n) is 15.9. The minimum Gasteiger partial charge on any atom is -0.493 e. The summed E-state index contributed by atoms with van der Waals surface area (Å²) in [5.74, 6) is -0.0184. The van der Waals surface area contributed by atoms with Crippen LogP contribution < -0.4 is 26.7 Å². The molecule has 10 nitrogen and oxygen atoms in total. The number of hydrogen-bond acceptors (Lipinski definition) is 7. The van der Waals surface area contributed by atoms with Crippen LogP contribution >= 0.6 is 0 Å². The van der Waals surface area contributed by atoms with Crippen LogP contribution in [0.25, 0.3) is 10.8 Å². The van der Waals surface area contributed by atoms with Crippen molar-refractivity contribution in [1.29, 1.82) is 0 Å². The predicted molar refractivity (Wildman–Crippen MR) is 109 cm³/mol. The number of aromatic nitrogens is 3. The predicted octanol–water partition coefficient (Wildman–Crippen LogP) is 0.961. The second-order valence-electron chi connectivity index (χ2n) is 6.09. The maximum atomic E-state index is 12.3. The maximum absolute atomic E-state index is 12.3. The molecule has 150 valence electrons. The summed E-state index contributed by atoms with van der Waals surface area (Å²) in [7, 11) is 0. The van der Waals surface area contributed by atoms with E-state index in [4.69, 9.17) is 4.74 Å². The van der Waals surface area contributed by atoms with E-state index in [0.29, 0.717) is 12.4 Å². The van der Waals surface area contributed by atoms with E-state index in [2.05, 4.69) is 26.0 Å². The fraction of sp³-hybridized carbons (Fsp3) is 0.211. The van der Waals surface area contributed by atoms with Gasteiger partial charge in [-0.3, -0.25) is 14.6 Å². The van der Waals surface area contributed by atoms with E-state index in [0.717, 1.165) is 16.3 Å². The van der Waals surface area contributed by atoms with Gasteiger partial charge in [0.25, 0.3) is 11.5 Å². The fourth-order valence-corrected chi connectivity index (χ4v) is 2.66. The van der Waals surface area contributed by atoms with Crippen molar-refractivity contribution in [2.75, 3.05) is 11.9 Å². The number of hydrazone groups is 1. The van der Waals surface area contributed by atoms with Crippen molar-refractivity contribution in [3.63, 3.8) is 0 Å². The van der Waals surface area contributed by atoms with Crippen molar-refractivity contribution in [2.24, 2.45) is 5.10 Å². The van der Waals surface area contributed by atoms with Gasteiger partial charge in [0.2, 0.25) is 5.82 Å². The van der Waals surface area contributed by atoms with E-state index < -0.39 is 23.2 Å². The second kappa shape index (κ2) is 8.83. The van der Waals surface area contributed by atoms with Crippen LogP contribution in [0.2, 0.25) is 0 Å². The number of H-pyrrole nitrogens is 2. The molecule has 1 heterocycles. The van der Waals surface area contributed by atoms with E-state index >= 15 is 0 Å². The average molecular weight is 396 g/mol. The first-order chi connectivity index (χ1) is 14.0. The molecule has 0 aliphatic heterocycles. The molecule has 1 aromatic heterocycles. The third-order valence-corrected chi connectivity index (χ3v) is 4.06. The van der Waals surface area contributed by atoms with Crippen LogP contribution in [0.5, 0.6) is 5.75 Å². The molecule has 10 heteroatoms. The first kappa shape index (κ1) is 19.8. The second-order valence-corrected chi connectivity index (χ2v) is 6.09. The molecule has 29 heavy (non-hydrogen) atoms. The molecule has 0 bridgehead atoms. The van der Waals surface area contributed by atoms with Gasteiger partial charge in [0.15, 0.2) is 0 Å². The van der Waals surface area contributed by atoms with Crippen molar-refractivity contribution in [2.45, 2.75) is 19.9 Å². The lowest BCUT2D eigenvalue weighted by atomic mass is 10.0. The van der Waals surface area contributed by atoms with Gasteiger partial charge in [-0.25, -0.2) is 15.3 Å². The highest BCUT2D eigenvalue weighted by Gasteiger charge is 2.15. The number of aromatic amines is 2. The number of anilines is 1. The number of ether oxygens (including phenoxy) is 1. The summed E-state index contributed by atoms with van der Waals surface area (Å²) < 4.78 is 5.66. The first-order valence-electron chi connectivity index (χ1n) is 8.92. The molecule has 0 aliphatic carbocycles. The Labute approximate surface area is 165 Å². The first-order valence-corrected chi connectivity index (χ1v) is 8.92. The lowest BCUT2D eigenvalue weighted by Gasteiger charge is -2.12. The van der Waals surface area contributed by atoms with Gasteiger partial charge < -0.3 is 10.1 Å². The molecule has 0 aliphatic rings. The normalized spacial score (nSPS) is 12.1. The van der Waals surface area contributed by atoms with Crippen LogP contribution in [0.3, 0.4) is 0 Å². The van der Waals surface area contributed by atoms with Crippen molar-refractivity contribution < 1.29 is 9.53 Å². The highest BCUT2D eigenvalue weighted by Crippen LogP contribution is 2.26. The largest absolute Gasteiger partial charge is 0.493 e.